The number of hydrogen-bond acceptors (Lipinski definition) is 3. The average molecular weight is 332 g/mol. The molecule has 0 fully saturated rings. The van der Waals surface area contributed by atoms with Crippen molar-refractivity contribution in [2.45, 2.75) is 78.5 Å². The van der Waals surface area contributed by atoms with Gasteiger partial charge in [-0.3, -0.25) is 0 Å². The van der Waals surface area contributed by atoms with Crippen LogP contribution >= 0.6 is 0 Å². The first kappa shape index (κ1) is 18.6. The monoisotopic (exact) mass is 332 g/mol. The van der Waals surface area contributed by atoms with Crippen LogP contribution in [0.25, 0.3) is 0 Å². The number of benzene rings is 1. The zero-order chi connectivity index (χ0) is 17.7. The molecule has 1 aliphatic rings. The van der Waals surface area contributed by atoms with Crippen molar-refractivity contribution in [1.29, 1.82) is 0 Å². The summed E-state index contributed by atoms with van der Waals surface area (Å²) in [5, 5.41) is 3.63. The fourth-order valence-corrected chi connectivity index (χ4v) is 3.09. The standard InChI is InChI=1S/C20H32N2O2/c1-6-8-17(7-2)21-18-10-9-15-11-12-22(14-16(15)13-18)19(23)24-20(3,4)5/h9-10,13,17,21H,6-8,11-12,14H2,1-5H3. The Kier molecular flexibility index (Phi) is 6.14. The molecule has 0 radical (unpaired) electrons. The van der Waals surface area contributed by atoms with E-state index in [-0.39, 0.29) is 6.09 Å². The molecule has 2 rings (SSSR count). The van der Waals surface area contributed by atoms with E-state index in [0.717, 1.165) is 25.1 Å². The number of amides is 1. The van der Waals surface area contributed by atoms with Crippen LogP contribution in [0.4, 0.5) is 10.5 Å². The molecular weight excluding hydrogens is 300 g/mol. The van der Waals surface area contributed by atoms with Crippen LogP contribution in [0.1, 0.15) is 65.0 Å². The first-order chi connectivity index (χ1) is 11.3. The fourth-order valence-electron chi connectivity index (χ4n) is 3.09. The normalized spacial score (nSPS) is 15.6. The molecule has 1 atom stereocenters. The van der Waals surface area contributed by atoms with Crippen molar-refractivity contribution in [3.8, 4) is 0 Å². The Labute approximate surface area is 146 Å². The topological polar surface area (TPSA) is 41.6 Å². The first-order valence-corrected chi connectivity index (χ1v) is 9.18. The highest BCUT2D eigenvalue weighted by Gasteiger charge is 2.25. The maximum atomic E-state index is 12.3. The van der Waals surface area contributed by atoms with Crippen LogP contribution in [0.3, 0.4) is 0 Å². The van der Waals surface area contributed by atoms with E-state index in [1.54, 1.807) is 4.90 Å². The van der Waals surface area contributed by atoms with Gasteiger partial charge in [-0.05, 0) is 63.3 Å². The van der Waals surface area contributed by atoms with Crippen molar-refractivity contribution in [3.05, 3.63) is 29.3 Å². The summed E-state index contributed by atoms with van der Waals surface area (Å²) in [5.41, 5.74) is 3.27. The number of carbonyl (C=O) groups is 1. The van der Waals surface area contributed by atoms with Gasteiger partial charge in [-0.25, -0.2) is 4.79 Å². The van der Waals surface area contributed by atoms with Crippen LogP contribution in [0, 0.1) is 0 Å². The number of nitrogens with one attached hydrogen (secondary N) is 1. The minimum Gasteiger partial charge on any atom is -0.444 e. The van der Waals surface area contributed by atoms with E-state index < -0.39 is 5.60 Å². The van der Waals surface area contributed by atoms with Crippen LogP contribution in [-0.2, 0) is 17.7 Å². The SMILES string of the molecule is CCCC(CC)Nc1ccc2c(c1)CN(C(=O)OC(C)(C)C)CC2. The smallest absolute Gasteiger partial charge is 0.410 e. The van der Waals surface area contributed by atoms with Gasteiger partial charge in [-0.1, -0.05) is 26.3 Å². The second-order valence-electron chi connectivity index (χ2n) is 7.67. The molecule has 0 aliphatic carbocycles. The summed E-state index contributed by atoms with van der Waals surface area (Å²) in [5.74, 6) is 0. The highest BCUT2D eigenvalue weighted by Crippen LogP contribution is 2.25. The summed E-state index contributed by atoms with van der Waals surface area (Å²) in [6, 6.07) is 7.08. The first-order valence-electron chi connectivity index (χ1n) is 9.18. The number of nitrogens with zero attached hydrogens (tertiary/aromatic N) is 1. The molecule has 0 bridgehead atoms. The molecule has 1 amide bonds. The Morgan fingerprint density at radius 3 is 2.67 bits per heavy atom. The van der Waals surface area contributed by atoms with E-state index in [4.69, 9.17) is 4.74 Å². The van der Waals surface area contributed by atoms with Crippen molar-refractivity contribution in [3.63, 3.8) is 0 Å². The predicted octanol–water partition coefficient (Wildman–Crippen LogP) is 4.97. The van der Waals surface area contributed by atoms with Crippen molar-refractivity contribution in [2.75, 3.05) is 11.9 Å². The summed E-state index contributed by atoms with van der Waals surface area (Å²) >= 11 is 0. The molecule has 1 N–H and O–H groups in total. The lowest BCUT2D eigenvalue weighted by Gasteiger charge is -2.31. The van der Waals surface area contributed by atoms with E-state index in [1.165, 1.54) is 24.0 Å². The number of ether oxygens (including phenoxy) is 1. The maximum Gasteiger partial charge on any atom is 0.410 e. The van der Waals surface area contributed by atoms with Gasteiger partial charge in [0.15, 0.2) is 0 Å². The largest absolute Gasteiger partial charge is 0.444 e. The molecule has 1 unspecified atom stereocenters. The summed E-state index contributed by atoms with van der Waals surface area (Å²) in [4.78, 5) is 14.1. The van der Waals surface area contributed by atoms with Crippen LogP contribution < -0.4 is 5.32 Å². The third-order valence-corrected chi connectivity index (χ3v) is 4.37. The number of fused-ring (bicyclic) bond motifs is 1. The van der Waals surface area contributed by atoms with Crippen LogP contribution in [0.5, 0.6) is 0 Å². The van der Waals surface area contributed by atoms with Gasteiger partial charge in [0.2, 0.25) is 0 Å². The van der Waals surface area contributed by atoms with E-state index in [1.807, 2.05) is 20.8 Å². The lowest BCUT2D eigenvalue weighted by molar-refractivity contribution is 0.0224. The van der Waals surface area contributed by atoms with Gasteiger partial charge in [0.1, 0.15) is 5.60 Å². The highest BCUT2D eigenvalue weighted by atomic mass is 16.6. The van der Waals surface area contributed by atoms with E-state index in [0.29, 0.717) is 12.6 Å². The number of rotatable bonds is 5. The van der Waals surface area contributed by atoms with Gasteiger partial charge in [0, 0.05) is 24.8 Å². The number of carbonyl (C=O) groups excluding carboxylic acids is 1. The maximum absolute atomic E-state index is 12.3. The Balaban J connectivity index is 2.06. The van der Waals surface area contributed by atoms with E-state index in [2.05, 4.69) is 37.4 Å². The molecule has 24 heavy (non-hydrogen) atoms. The molecule has 0 spiro atoms. The highest BCUT2D eigenvalue weighted by molar-refractivity contribution is 5.69. The van der Waals surface area contributed by atoms with Crippen molar-refractivity contribution < 1.29 is 9.53 Å². The molecule has 4 heteroatoms. The third kappa shape index (κ3) is 5.15. The number of anilines is 1. The molecule has 1 aromatic rings. The van der Waals surface area contributed by atoms with Crippen molar-refractivity contribution in [1.82, 2.24) is 4.90 Å². The Hall–Kier alpha value is -1.71. The average Bonchev–Trinajstić information content (AvgIpc) is 2.52. The second-order valence-corrected chi connectivity index (χ2v) is 7.67. The lowest BCUT2D eigenvalue weighted by atomic mass is 9.99. The van der Waals surface area contributed by atoms with Gasteiger partial charge >= 0.3 is 6.09 Å². The van der Waals surface area contributed by atoms with Gasteiger partial charge in [-0.15, -0.1) is 0 Å². The van der Waals surface area contributed by atoms with Gasteiger partial charge < -0.3 is 15.0 Å². The quantitative estimate of drug-likeness (QED) is 0.827. The zero-order valence-corrected chi connectivity index (χ0v) is 15.8. The molecular formula is C20H32N2O2. The second kappa shape index (κ2) is 7.91. The van der Waals surface area contributed by atoms with Crippen LogP contribution in [-0.4, -0.2) is 29.2 Å². The van der Waals surface area contributed by atoms with Crippen LogP contribution in [0.15, 0.2) is 18.2 Å². The van der Waals surface area contributed by atoms with Gasteiger partial charge in [-0.2, -0.15) is 0 Å². The predicted molar refractivity (Wildman–Crippen MR) is 99.4 cm³/mol. The van der Waals surface area contributed by atoms with Crippen LogP contribution in [0.2, 0.25) is 0 Å². The Morgan fingerprint density at radius 2 is 2.04 bits per heavy atom. The minimum absolute atomic E-state index is 0.219. The summed E-state index contributed by atoms with van der Waals surface area (Å²) in [6.45, 7) is 11.5. The molecule has 0 aromatic heterocycles. The molecule has 1 heterocycles. The Bertz CT molecular complexity index is 563. The molecule has 0 saturated carbocycles. The molecule has 1 aliphatic heterocycles. The molecule has 134 valence electrons. The fraction of sp³-hybridized carbons (Fsp3) is 0.650. The van der Waals surface area contributed by atoms with E-state index >= 15 is 0 Å². The van der Waals surface area contributed by atoms with Gasteiger partial charge in [0.05, 0.1) is 0 Å². The van der Waals surface area contributed by atoms with Crippen molar-refractivity contribution >= 4 is 11.8 Å². The van der Waals surface area contributed by atoms with Gasteiger partial charge in [0.25, 0.3) is 0 Å². The lowest BCUT2D eigenvalue weighted by Crippen LogP contribution is -2.39. The van der Waals surface area contributed by atoms with E-state index in [9.17, 15) is 4.79 Å². The molecule has 4 nitrogen and oxygen atoms in total. The summed E-state index contributed by atoms with van der Waals surface area (Å²) in [7, 11) is 0. The number of hydrogen-bond donors (Lipinski definition) is 1. The summed E-state index contributed by atoms with van der Waals surface area (Å²) in [6.07, 6.45) is 4.15. The molecule has 1 aromatic carbocycles. The molecule has 0 saturated heterocycles. The van der Waals surface area contributed by atoms with Crippen molar-refractivity contribution in [2.24, 2.45) is 0 Å². The summed E-state index contributed by atoms with van der Waals surface area (Å²) < 4.78 is 5.51. The zero-order valence-electron chi connectivity index (χ0n) is 15.8. The Morgan fingerprint density at radius 1 is 1.29 bits per heavy atom. The third-order valence-electron chi connectivity index (χ3n) is 4.37. The minimum atomic E-state index is -0.449.